The summed E-state index contributed by atoms with van der Waals surface area (Å²) in [5, 5.41) is 10.6. The first-order valence-corrected chi connectivity index (χ1v) is 12.2. The number of ether oxygens (including phenoxy) is 1. The molecular weight excluding hydrogens is 454 g/mol. The Labute approximate surface area is 198 Å². The third-order valence-electron chi connectivity index (χ3n) is 5.09. The van der Waals surface area contributed by atoms with E-state index in [4.69, 9.17) is 10.00 Å². The van der Waals surface area contributed by atoms with Crippen LogP contribution in [-0.4, -0.2) is 39.5 Å². The van der Waals surface area contributed by atoms with Crippen LogP contribution in [0, 0.1) is 11.3 Å². The van der Waals surface area contributed by atoms with Crippen LogP contribution >= 0.6 is 0 Å². The first kappa shape index (κ1) is 24.9. The van der Waals surface area contributed by atoms with E-state index >= 15 is 0 Å². The molecule has 176 valence electrons. The summed E-state index contributed by atoms with van der Waals surface area (Å²) in [4.78, 5) is 26.6. The maximum Gasteiger partial charge on any atom is 0.307 e. The number of hydrogen-bond acceptors (Lipinski definition) is 6. The van der Waals surface area contributed by atoms with Crippen LogP contribution in [0.2, 0.25) is 0 Å². The minimum absolute atomic E-state index is 0.0964. The van der Waals surface area contributed by atoms with Crippen molar-refractivity contribution in [3.05, 3.63) is 72.8 Å². The topological polar surface area (TPSA) is 117 Å². The highest BCUT2D eigenvalue weighted by Crippen LogP contribution is 2.19. The molecule has 0 aliphatic rings. The molecule has 0 fully saturated rings. The fourth-order valence-electron chi connectivity index (χ4n) is 3.37. The van der Waals surface area contributed by atoms with Gasteiger partial charge in [-0.05, 0) is 42.0 Å². The van der Waals surface area contributed by atoms with Crippen molar-refractivity contribution in [2.24, 2.45) is 0 Å². The molecule has 0 bridgehead atoms. The Morgan fingerprint density at radius 1 is 1.03 bits per heavy atom. The predicted molar refractivity (Wildman–Crippen MR) is 128 cm³/mol. The molecule has 1 atom stereocenters. The van der Waals surface area contributed by atoms with E-state index in [1.807, 2.05) is 30.3 Å². The zero-order valence-electron chi connectivity index (χ0n) is 18.7. The van der Waals surface area contributed by atoms with E-state index in [1.54, 1.807) is 42.5 Å². The van der Waals surface area contributed by atoms with Crippen molar-refractivity contribution in [1.29, 1.82) is 5.26 Å². The van der Waals surface area contributed by atoms with Gasteiger partial charge in [-0.2, -0.15) is 5.26 Å². The van der Waals surface area contributed by atoms with Crippen molar-refractivity contribution < 1.29 is 22.7 Å². The Kier molecular flexibility index (Phi) is 8.35. The van der Waals surface area contributed by atoms with Gasteiger partial charge in [-0.3, -0.25) is 9.59 Å². The first-order valence-electron chi connectivity index (χ1n) is 10.7. The molecule has 0 heterocycles. The highest BCUT2D eigenvalue weighted by molar-refractivity contribution is 7.89. The van der Waals surface area contributed by atoms with E-state index in [9.17, 15) is 18.0 Å². The number of anilines is 1. The number of carbonyl (C=O) groups is 2. The van der Waals surface area contributed by atoms with Crippen molar-refractivity contribution in [3.63, 3.8) is 0 Å². The second kappa shape index (κ2) is 11.4. The molecule has 9 heteroatoms. The average Bonchev–Trinajstić information content (AvgIpc) is 2.84. The van der Waals surface area contributed by atoms with E-state index < -0.39 is 28.0 Å². The summed E-state index contributed by atoms with van der Waals surface area (Å²) >= 11 is 0. The van der Waals surface area contributed by atoms with Crippen LogP contribution in [0.4, 0.5) is 5.69 Å². The van der Waals surface area contributed by atoms with Gasteiger partial charge in [-0.15, -0.1) is 0 Å². The number of amides is 1. The summed E-state index contributed by atoms with van der Waals surface area (Å²) in [7, 11) is -3.82. The molecule has 0 saturated carbocycles. The van der Waals surface area contributed by atoms with Crippen molar-refractivity contribution >= 4 is 38.4 Å². The van der Waals surface area contributed by atoms with Gasteiger partial charge in [0.1, 0.15) is 0 Å². The van der Waals surface area contributed by atoms with Gasteiger partial charge in [0.05, 0.1) is 23.8 Å². The number of esters is 1. The SMILES string of the molecule is CC(OC(=O)CCNS(=O)(=O)c1ccc2ccccc2c1)C(=O)N(CCC#N)c1ccccc1. The Hall–Kier alpha value is -3.74. The molecule has 1 unspecified atom stereocenters. The summed E-state index contributed by atoms with van der Waals surface area (Å²) in [5.74, 6) is -1.18. The van der Waals surface area contributed by atoms with Gasteiger partial charge < -0.3 is 9.64 Å². The summed E-state index contributed by atoms with van der Waals surface area (Å²) in [6.07, 6.45) is -1.21. The van der Waals surface area contributed by atoms with Crippen molar-refractivity contribution in [2.75, 3.05) is 18.0 Å². The van der Waals surface area contributed by atoms with E-state index in [0.717, 1.165) is 10.8 Å². The van der Waals surface area contributed by atoms with Crippen LogP contribution in [0.15, 0.2) is 77.7 Å². The molecule has 0 aliphatic heterocycles. The number of sulfonamides is 1. The molecule has 0 aromatic heterocycles. The van der Waals surface area contributed by atoms with Crippen LogP contribution in [0.3, 0.4) is 0 Å². The second-order valence-corrected chi connectivity index (χ2v) is 9.29. The van der Waals surface area contributed by atoms with Crippen molar-refractivity contribution in [2.45, 2.75) is 30.8 Å². The lowest BCUT2D eigenvalue weighted by molar-refractivity contribution is -0.153. The molecule has 3 aromatic rings. The smallest absolute Gasteiger partial charge is 0.307 e. The fourth-order valence-corrected chi connectivity index (χ4v) is 4.43. The molecule has 3 rings (SSSR count). The zero-order chi connectivity index (χ0) is 24.6. The zero-order valence-corrected chi connectivity index (χ0v) is 19.5. The third-order valence-corrected chi connectivity index (χ3v) is 6.55. The van der Waals surface area contributed by atoms with Gasteiger partial charge in [0.2, 0.25) is 10.0 Å². The lowest BCUT2D eigenvalue weighted by Gasteiger charge is -2.25. The summed E-state index contributed by atoms with van der Waals surface area (Å²) in [6.45, 7) is 1.43. The molecule has 1 amide bonds. The number of fused-ring (bicyclic) bond motifs is 1. The largest absolute Gasteiger partial charge is 0.452 e. The third kappa shape index (κ3) is 6.41. The van der Waals surface area contributed by atoms with Gasteiger partial charge in [-0.25, -0.2) is 13.1 Å². The lowest BCUT2D eigenvalue weighted by Crippen LogP contribution is -2.41. The second-order valence-electron chi connectivity index (χ2n) is 7.52. The minimum Gasteiger partial charge on any atom is -0.452 e. The Bertz CT molecular complexity index is 1300. The van der Waals surface area contributed by atoms with E-state index in [1.165, 1.54) is 17.9 Å². The molecule has 1 N–H and O–H groups in total. The van der Waals surface area contributed by atoms with Gasteiger partial charge in [0.15, 0.2) is 6.10 Å². The molecule has 0 aliphatic carbocycles. The number of carbonyl (C=O) groups excluding carboxylic acids is 2. The summed E-state index contributed by atoms with van der Waals surface area (Å²) in [6, 6.07) is 23.0. The summed E-state index contributed by atoms with van der Waals surface area (Å²) < 4.78 is 32.8. The molecule has 0 spiro atoms. The molecule has 34 heavy (non-hydrogen) atoms. The monoisotopic (exact) mass is 479 g/mol. The van der Waals surface area contributed by atoms with Crippen LogP contribution < -0.4 is 9.62 Å². The molecule has 3 aromatic carbocycles. The highest BCUT2D eigenvalue weighted by atomic mass is 32.2. The van der Waals surface area contributed by atoms with E-state index in [-0.39, 0.29) is 30.8 Å². The van der Waals surface area contributed by atoms with Crippen molar-refractivity contribution in [1.82, 2.24) is 4.72 Å². The van der Waals surface area contributed by atoms with Crippen LogP contribution in [0.5, 0.6) is 0 Å². The quantitative estimate of drug-likeness (QED) is 0.446. The maximum absolute atomic E-state index is 12.8. The number of rotatable bonds is 10. The normalized spacial score (nSPS) is 12.0. The number of para-hydroxylation sites is 1. The first-order chi connectivity index (χ1) is 16.3. The van der Waals surface area contributed by atoms with Crippen LogP contribution in [-0.2, 0) is 24.3 Å². The molecule has 0 saturated heterocycles. The molecule has 8 nitrogen and oxygen atoms in total. The molecule has 0 radical (unpaired) electrons. The van der Waals surface area contributed by atoms with Crippen LogP contribution in [0.1, 0.15) is 19.8 Å². The minimum atomic E-state index is -3.82. The average molecular weight is 480 g/mol. The predicted octanol–water partition coefficient (Wildman–Crippen LogP) is 3.39. The number of nitrogens with one attached hydrogen (secondary N) is 1. The van der Waals surface area contributed by atoms with Gasteiger partial charge in [0, 0.05) is 18.8 Å². The number of nitrogens with zero attached hydrogens (tertiary/aromatic N) is 2. The number of hydrogen-bond donors (Lipinski definition) is 1. The van der Waals surface area contributed by atoms with Gasteiger partial charge in [-0.1, -0.05) is 48.5 Å². The van der Waals surface area contributed by atoms with E-state index in [2.05, 4.69) is 4.72 Å². The van der Waals surface area contributed by atoms with Gasteiger partial charge >= 0.3 is 5.97 Å². The van der Waals surface area contributed by atoms with Crippen molar-refractivity contribution in [3.8, 4) is 6.07 Å². The maximum atomic E-state index is 12.8. The highest BCUT2D eigenvalue weighted by Gasteiger charge is 2.25. The molecular formula is C25H25N3O5S. The van der Waals surface area contributed by atoms with E-state index in [0.29, 0.717) is 5.69 Å². The Balaban J connectivity index is 1.55. The fraction of sp³-hybridized carbons (Fsp3) is 0.240. The summed E-state index contributed by atoms with van der Waals surface area (Å²) in [5.41, 5.74) is 0.591. The Morgan fingerprint density at radius 2 is 1.71 bits per heavy atom. The number of benzene rings is 3. The van der Waals surface area contributed by atoms with Gasteiger partial charge in [0.25, 0.3) is 5.91 Å². The Morgan fingerprint density at radius 3 is 2.41 bits per heavy atom. The number of nitriles is 1. The van der Waals surface area contributed by atoms with Crippen LogP contribution in [0.25, 0.3) is 10.8 Å². The lowest BCUT2D eigenvalue weighted by atomic mass is 10.1. The standard InChI is InChI=1S/C25H25N3O5S/c1-19(25(30)28(17-7-15-26)22-10-3-2-4-11-22)33-24(29)14-16-27-34(31,32)23-13-12-20-8-5-6-9-21(20)18-23/h2-6,8-13,18-19,27H,7,14,16-17H2,1H3.